The summed E-state index contributed by atoms with van der Waals surface area (Å²) in [5.74, 6) is 2.94. The average Bonchev–Trinajstić information content (AvgIpc) is 2.84. The number of hydrogen-bond acceptors (Lipinski definition) is 4. The van der Waals surface area contributed by atoms with Gasteiger partial charge in [-0.2, -0.15) is 0 Å². The molecule has 166 valence electrons. The smallest absolute Gasteiger partial charge is 0.128 e. The highest BCUT2D eigenvalue weighted by molar-refractivity contribution is 5.85. The number of fused-ring (bicyclic) bond motifs is 1. The molecule has 0 amide bonds. The maximum absolute atomic E-state index is 9.15. The van der Waals surface area contributed by atoms with Crippen molar-refractivity contribution in [3.05, 3.63) is 108 Å². The van der Waals surface area contributed by atoms with Gasteiger partial charge in [0.05, 0.1) is 12.9 Å². The standard InChI is InChI=1S/C29H26O4/c1-20(15-16-30)22-3-9-26(10-4-22)32-28-13-7-24-8-14-29(18-25(24)17-28)33-27-11-5-23(6-12-27)21(2)19-31/h3-15,17-19,30-31H,16H2,1-2H3. The molecule has 0 unspecified atom stereocenters. The molecule has 0 fully saturated rings. The first-order chi connectivity index (χ1) is 16.1. The van der Waals surface area contributed by atoms with Gasteiger partial charge in [0.2, 0.25) is 0 Å². The average molecular weight is 439 g/mol. The van der Waals surface area contributed by atoms with Gasteiger partial charge < -0.3 is 19.7 Å². The second-order valence-electron chi connectivity index (χ2n) is 7.81. The fourth-order valence-electron chi connectivity index (χ4n) is 3.50. The Bertz CT molecular complexity index is 1300. The van der Waals surface area contributed by atoms with Gasteiger partial charge in [-0.1, -0.05) is 42.5 Å². The minimum absolute atomic E-state index is 0.0267. The molecule has 33 heavy (non-hydrogen) atoms. The van der Waals surface area contributed by atoms with Gasteiger partial charge in [-0.05, 0) is 95.4 Å². The van der Waals surface area contributed by atoms with Crippen molar-refractivity contribution < 1.29 is 19.7 Å². The second-order valence-corrected chi connectivity index (χ2v) is 7.81. The lowest BCUT2D eigenvalue weighted by Crippen LogP contribution is -1.88. The Morgan fingerprint density at radius 3 is 1.55 bits per heavy atom. The molecule has 4 heteroatoms. The fourth-order valence-corrected chi connectivity index (χ4v) is 3.50. The highest BCUT2D eigenvalue weighted by Gasteiger charge is 2.05. The van der Waals surface area contributed by atoms with E-state index < -0.39 is 0 Å². The Balaban J connectivity index is 1.51. The van der Waals surface area contributed by atoms with Crippen LogP contribution in [0.25, 0.3) is 21.9 Å². The molecule has 0 spiro atoms. The lowest BCUT2D eigenvalue weighted by Gasteiger charge is -2.10. The number of benzene rings is 4. The van der Waals surface area contributed by atoms with Crippen LogP contribution in [0, 0.1) is 0 Å². The highest BCUT2D eigenvalue weighted by atomic mass is 16.5. The van der Waals surface area contributed by atoms with E-state index in [2.05, 4.69) is 0 Å². The summed E-state index contributed by atoms with van der Waals surface area (Å²) in [4.78, 5) is 0. The molecule has 0 aliphatic heterocycles. The van der Waals surface area contributed by atoms with E-state index in [1.165, 1.54) is 0 Å². The van der Waals surface area contributed by atoms with Crippen molar-refractivity contribution in [2.24, 2.45) is 0 Å². The highest BCUT2D eigenvalue weighted by Crippen LogP contribution is 2.31. The maximum Gasteiger partial charge on any atom is 0.128 e. The molecule has 0 saturated carbocycles. The predicted octanol–water partition coefficient (Wildman–Crippen LogP) is 7.74. The molecule has 0 aromatic heterocycles. The van der Waals surface area contributed by atoms with Gasteiger partial charge in [0.25, 0.3) is 0 Å². The summed E-state index contributed by atoms with van der Waals surface area (Å²) >= 11 is 0. The molecule has 0 saturated heterocycles. The number of allylic oxidation sites excluding steroid dienone is 2. The molecule has 0 bridgehead atoms. The van der Waals surface area contributed by atoms with Crippen molar-refractivity contribution in [3.8, 4) is 23.0 Å². The third kappa shape index (κ3) is 5.43. The van der Waals surface area contributed by atoms with E-state index in [1.54, 1.807) is 6.08 Å². The van der Waals surface area contributed by atoms with Crippen molar-refractivity contribution in [1.29, 1.82) is 0 Å². The van der Waals surface area contributed by atoms with Crippen LogP contribution in [-0.2, 0) is 0 Å². The van der Waals surface area contributed by atoms with E-state index in [4.69, 9.17) is 19.7 Å². The molecule has 4 rings (SSSR count). The van der Waals surface area contributed by atoms with E-state index in [9.17, 15) is 0 Å². The van der Waals surface area contributed by atoms with Crippen molar-refractivity contribution >= 4 is 21.9 Å². The second kappa shape index (κ2) is 10.1. The topological polar surface area (TPSA) is 58.9 Å². The molecule has 0 aliphatic rings. The fraction of sp³-hybridized carbons (Fsp3) is 0.103. The number of ether oxygens (including phenoxy) is 2. The van der Waals surface area contributed by atoms with Crippen LogP contribution in [0.2, 0.25) is 0 Å². The molecular formula is C29H26O4. The van der Waals surface area contributed by atoms with Crippen molar-refractivity contribution in [1.82, 2.24) is 0 Å². The third-order valence-electron chi connectivity index (χ3n) is 5.47. The quantitative estimate of drug-likeness (QED) is 0.290. The number of aliphatic hydroxyl groups is 2. The Hall–Kier alpha value is -4.02. The normalized spacial score (nSPS) is 12.1. The van der Waals surface area contributed by atoms with Crippen LogP contribution >= 0.6 is 0 Å². The largest absolute Gasteiger partial charge is 0.515 e. The molecule has 0 heterocycles. The van der Waals surface area contributed by atoms with Crippen molar-refractivity contribution in [3.63, 3.8) is 0 Å². The third-order valence-corrected chi connectivity index (χ3v) is 5.47. The lowest BCUT2D eigenvalue weighted by molar-refractivity contribution is 0.343. The molecule has 2 N–H and O–H groups in total. The Labute approximate surface area is 193 Å². The minimum Gasteiger partial charge on any atom is -0.515 e. The van der Waals surface area contributed by atoms with Crippen LogP contribution in [0.5, 0.6) is 23.0 Å². The zero-order chi connectivity index (χ0) is 23.2. The summed E-state index contributed by atoms with van der Waals surface area (Å²) in [5.41, 5.74) is 3.81. The van der Waals surface area contributed by atoms with Gasteiger partial charge in [0, 0.05) is 0 Å². The Morgan fingerprint density at radius 2 is 1.09 bits per heavy atom. The number of aliphatic hydroxyl groups excluding tert-OH is 2. The van der Waals surface area contributed by atoms with Crippen LogP contribution < -0.4 is 9.47 Å². The van der Waals surface area contributed by atoms with Gasteiger partial charge >= 0.3 is 0 Å². The van der Waals surface area contributed by atoms with Crippen LogP contribution in [0.15, 0.2) is 97.3 Å². The number of rotatable bonds is 7. The molecule has 0 aliphatic carbocycles. The zero-order valence-electron chi connectivity index (χ0n) is 18.7. The first-order valence-electron chi connectivity index (χ1n) is 10.7. The molecular weight excluding hydrogens is 412 g/mol. The van der Waals surface area contributed by atoms with E-state index in [1.807, 2.05) is 98.8 Å². The van der Waals surface area contributed by atoms with Crippen LogP contribution in [0.3, 0.4) is 0 Å². The predicted molar refractivity (Wildman–Crippen MR) is 134 cm³/mol. The Kier molecular flexibility index (Phi) is 6.77. The van der Waals surface area contributed by atoms with Crippen molar-refractivity contribution in [2.45, 2.75) is 13.8 Å². The summed E-state index contributed by atoms with van der Waals surface area (Å²) in [5, 5.41) is 20.3. The van der Waals surface area contributed by atoms with Gasteiger partial charge in [-0.25, -0.2) is 0 Å². The molecule has 4 aromatic carbocycles. The first kappa shape index (κ1) is 22.2. The first-order valence-corrected chi connectivity index (χ1v) is 10.7. The van der Waals surface area contributed by atoms with Gasteiger partial charge in [-0.3, -0.25) is 0 Å². The van der Waals surface area contributed by atoms with E-state index in [0.717, 1.165) is 62.3 Å². The SMILES string of the molecule is CC(=CO)c1ccc(Oc2ccc3ccc(Oc4ccc(C(C)=CCO)cc4)cc3c2)cc1. The lowest BCUT2D eigenvalue weighted by atomic mass is 10.1. The molecule has 4 nitrogen and oxygen atoms in total. The molecule has 0 atom stereocenters. The summed E-state index contributed by atoms with van der Waals surface area (Å²) in [6, 6.07) is 27.3. The van der Waals surface area contributed by atoms with Crippen LogP contribution in [-0.4, -0.2) is 16.8 Å². The summed E-state index contributed by atoms with van der Waals surface area (Å²) in [7, 11) is 0. The molecule has 0 radical (unpaired) electrons. The zero-order valence-corrected chi connectivity index (χ0v) is 18.7. The maximum atomic E-state index is 9.15. The number of hydrogen-bond donors (Lipinski definition) is 2. The van der Waals surface area contributed by atoms with E-state index in [0.29, 0.717) is 0 Å². The van der Waals surface area contributed by atoms with Crippen LogP contribution in [0.1, 0.15) is 25.0 Å². The monoisotopic (exact) mass is 438 g/mol. The van der Waals surface area contributed by atoms with Gasteiger partial charge in [-0.15, -0.1) is 0 Å². The Morgan fingerprint density at radius 1 is 0.636 bits per heavy atom. The summed E-state index contributed by atoms with van der Waals surface area (Å²) < 4.78 is 12.1. The van der Waals surface area contributed by atoms with Crippen molar-refractivity contribution in [2.75, 3.05) is 6.61 Å². The van der Waals surface area contributed by atoms with E-state index >= 15 is 0 Å². The van der Waals surface area contributed by atoms with Crippen LogP contribution in [0.4, 0.5) is 0 Å². The summed E-state index contributed by atoms with van der Waals surface area (Å²) in [6.07, 6.45) is 2.88. The van der Waals surface area contributed by atoms with E-state index in [-0.39, 0.29) is 6.61 Å². The van der Waals surface area contributed by atoms with Gasteiger partial charge in [0.1, 0.15) is 23.0 Å². The molecule has 4 aromatic rings. The minimum atomic E-state index is 0.0267. The van der Waals surface area contributed by atoms with Gasteiger partial charge in [0.15, 0.2) is 0 Å². The summed E-state index contributed by atoms with van der Waals surface area (Å²) in [6.45, 7) is 3.85.